The van der Waals surface area contributed by atoms with Crippen molar-refractivity contribution in [3.63, 3.8) is 0 Å². The molecule has 4 nitrogen and oxygen atoms in total. The first-order valence-electron chi connectivity index (χ1n) is 6.86. The molecule has 0 bridgehead atoms. The highest BCUT2D eigenvalue weighted by molar-refractivity contribution is 9.10. The van der Waals surface area contributed by atoms with Gasteiger partial charge in [0, 0.05) is 17.6 Å². The van der Waals surface area contributed by atoms with Crippen molar-refractivity contribution in [1.29, 1.82) is 0 Å². The molecule has 1 aromatic carbocycles. The fraction of sp³-hybridized carbons (Fsp3) is 0.571. The number of hydrogen-bond acceptors (Lipinski definition) is 4. The maximum absolute atomic E-state index is 12.3. The van der Waals surface area contributed by atoms with E-state index in [0.29, 0.717) is 17.4 Å². The Balaban J connectivity index is 1.89. The molecule has 0 spiro atoms. The van der Waals surface area contributed by atoms with E-state index in [0.717, 1.165) is 30.5 Å². The zero-order chi connectivity index (χ0) is 14.6. The second-order valence-electron chi connectivity index (χ2n) is 5.29. The minimum atomic E-state index is -3.17. The predicted molar refractivity (Wildman–Crippen MR) is 84.7 cm³/mol. The molecule has 1 aliphatic heterocycles. The van der Waals surface area contributed by atoms with Crippen LogP contribution in [0.15, 0.2) is 33.6 Å². The van der Waals surface area contributed by atoms with Gasteiger partial charge >= 0.3 is 0 Å². The third-order valence-electron chi connectivity index (χ3n) is 3.71. The average Bonchev–Trinajstić information content (AvgIpc) is 2.85. The molecule has 2 rings (SSSR count). The summed E-state index contributed by atoms with van der Waals surface area (Å²) in [7, 11) is -1.21. The van der Waals surface area contributed by atoms with Gasteiger partial charge in [0.05, 0.1) is 10.6 Å². The van der Waals surface area contributed by atoms with Gasteiger partial charge in [-0.05, 0) is 56.7 Å². The van der Waals surface area contributed by atoms with Crippen molar-refractivity contribution in [3.8, 4) is 0 Å². The lowest BCUT2D eigenvalue weighted by atomic mass is 10.1. The molecule has 1 N–H and O–H groups in total. The standard InChI is InChI=1S/C14H21BrN2O2S/c1-16-10-12-6-7-17(11-12)8-9-20(18,19)14-4-2-13(15)3-5-14/h2-5,12,16H,6-11H2,1H3. The molecule has 1 heterocycles. The van der Waals surface area contributed by atoms with Gasteiger partial charge < -0.3 is 10.2 Å². The van der Waals surface area contributed by atoms with Crippen LogP contribution in [0.5, 0.6) is 0 Å². The molecule has 0 aromatic heterocycles. The molecule has 1 saturated heterocycles. The lowest BCUT2D eigenvalue weighted by molar-refractivity contribution is 0.341. The van der Waals surface area contributed by atoms with Crippen molar-refractivity contribution in [2.45, 2.75) is 11.3 Å². The topological polar surface area (TPSA) is 49.4 Å². The second kappa shape index (κ2) is 7.02. The molecule has 1 aliphatic rings. The molecular formula is C14H21BrN2O2S. The van der Waals surface area contributed by atoms with Crippen molar-refractivity contribution in [3.05, 3.63) is 28.7 Å². The summed E-state index contributed by atoms with van der Waals surface area (Å²) in [5.74, 6) is 0.844. The van der Waals surface area contributed by atoms with Gasteiger partial charge in [-0.25, -0.2) is 8.42 Å². The van der Waals surface area contributed by atoms with Gasteiger partial charge in [0.1, 0.15) is 0 Å². The van der Waals surface area contributed by atoms with Crippen molar-refractivity contribution in [2.24, 2.45) is 5.92 Å². The fourth-order valence-corrected chi connectivity index (χ4v) is 4.13. The third-order valence-corrected chi connectivity index (χ3v) is 5.95. The highest BCUT2D eigenvalue weighted by Crippen LogP contribution is 2.18. The quantitative estimate of drug-likeness (QED) is 0.839. The first kappa shape index (κ1) is 15.9. The average molecular weight is 361 g/mol. The molecule has 112 valence electrons. The Morgan fingerprint density at radius 3 is 2.70 bits per heavy atom. The summed E-state index contributed by atoms with van der Waals surface area (Å²) < 4.78 is 25.4. The second-order valence-corrected chi connectivity index (χ2v) is 8.31. The molecule has 1 aromatic rings. The first-order chi connectivity index (χ1) is 9.51. The van der Waals surface area contributed by atoms with Gasteiger partial charge in [-0.2, -0.15) is 0 Å². The van der Waals surface area contributed by atoms with E-state index in [-0.39, 0.29) is 5.75 Å². The molecule has 1 atom stereocenters. The lowest BCUT2D eigenvalue weighted by Gasteiger charge is -2.16. The van der Waals surface area contributed by atoms with E-state index in [1.54, 1.807) is 24.3 Å². The largest absolute Gasteiger partial charge is 0.319 e. The molecule has 6 heteroatoms. The normalized spacial score (nSPS) is 20.4. The summed E-state index contributed by atoms with van der Waals surface area (Å²) in [6.07, 6.45) is 1.15. The first-order valence-corrected chi connectivity index (χ1v) is 9.31. The number of nitrogens with zero attached hydrogens (tertiary/aromatic N) is 1. The van der Waals surface area contributed by atoms with Crippen LogP contribution in [-0.2, 0) is 9.84 Å². The fourth-order valence-electron chi connectivity index (χ4n) is 2.58. The van der Waals surface area contributed by atoms with Crippen LogP contribution < -0.4 is 5.32 Å². The summed E-state index contributed by atoms with van der Waals surface area (Å²) in [5.41, 5.74) is 0. The molecule has 0 aliphatic carbocycles. The number of sulfone groups is 1. The van der Waals surface area contributed by atoms with E-state index in [9.17, 15) is 8.42 Å². The van der Waals surface area contributed by atoms with Gasteiger partial charge in [0.25, 0.3) is 0 Å². The van der Waals surface area contributed by atoms with E-state index in [1.807, 2.05) is 7.05 Å². The smallest absolute Gasteiger partial charge is 0.179 e. The van der Waals surface area contributed by atoms with Crippen LogP contribution in [0, 0.1) is 5.92 Å². The van der Waals surface area contributed by atoms with Gasteiger partial charge in [-0.15, -0.1) is 0 Å². The van der Waals surface area contributed by atoms with Crippen LogP contribution in [0.4, 0.5) is 0 Å². The molecule has 1 unspecified atom stereocenters. The molecule has 0 radical (unpaired) electrons. The lowest BCUT2D eigenvalue weighted by Crippen LogP contribution is -2.29. The van der Waals surface area contributed by atoms with Crippen molar-refractivity contribution in [1.82, 2.24) is 10.2 Å². The van der Waals surface area contributed by atoms with Crippen LogP contribution in [0.2, 0.25) is 0 Å². The molecule has 20 heavy (non-hydrogen) atoms. The molecular weight excluding hydrogens is 340 g/mol. The summed E-state index contributed by atoms with van der Waals surface area (Å²) in [6.45, 7) is 3.63. The SMILES string of the molecule is CNCC1CCN(CCS(=O)(=O)c2ccc(Br)cc2)C1. The van der Waals surface area contributed by atoms with Gasteiger partial charge in [0.2, 0.25) is 0 Å². The monoisotopic (exact) mass is 360 g/mol. The third kappa shape index (κ3) is 4.28. The van der Waals surface area contributed by atoms with Crippen LogP contribution in [0.3, 0.4) is 0 Å². The zero-order valence-corrected chi connectivity index (χ0v) is 14.1. The van der Waals surface area contributed by atoms with Gasteiger partial charge in [-0.3, -0.25) is 0 Å². The zero-order valence-electron chi connectivity index (χ0n) is 11.7. The molecule has 0 amide bonds. The van der Waals surface area contributed by atoms with Crippen molar-refractivity contribution >= 4 is 25.8 Å². The van der Waals surface area contributed by atoms with Crippen molar-refractivity contribution in [2.75, 3.05) is 39.0 Å². The number of rotatable bonds is 6. The number of halogens is 1. The summed E-state index contributed by atoms with van der Waals surface area (Å²) in [6, 6.07) is 6.86. The Morgan fingerprint density at radius 1 is 1.35 bits per heavy atom. The van der Waals surface area contributed by atoms with E-state index >= 15 is 0 Å². The predicted octanol–water partition coefficient (Wildman–Crippen LogP) is 1.76. The Hall–Kier alpha value is -0.430. The molecule has 1 fully saturated rings. The van der Waals surface area contributed by atoms with Crippen molar-refractivity contribution < 1.29 is 8.42 Å². The van der Waals surface area contributed by atoms with E-state index in [2.05, 4.69) is 26.1 Å². The van der Waals surface area contributed by atoms with Crippen LogP contribution in [0.25, 0.3) is 0 Å². The summed E-state index contributed by atoms with van der Waals surface area (Å²) in [5, 5.41) is 3.18. The Kier molecular flexibility index (Phi) is 5.60. The summed E-state index contributed by atoms with van der Waals surface area (Å²) >= 11 is 3.32. The maximum atomic E-state index is 12.3. The van der Waals surface area contributed by atoms with Crippen LogP contribution >= 0.6 is 15.9 Å². The minimum absolute atomic E-state index is 0.195. The maximum Gasteiger partial charge on any atom is 0.179 e. The highest BCUT2D eigenvalue weighted by atomic mass is 79.9. The van der Waals surface area contributed by atoms with E-state index < -0.39 is 9.84 Å². The summed E-state index contributed by atoms with van der Waals surface area (Å²) in [4.78, 5) is 2.66. The Bertz CT molecular complexity index is 531. The number of hydrogen-bond donors (Lipinski definition) is 1. The molecule has 0 saturated carbocycles. The minimum Gasteiger partial charge on any atom is -0.319 e. The van der Waals surface area contributed by atoms with Crippen LogP contribution in [-0.4, -0.2) is 52.3 Å². The van der Waals surface area contributed by atoms with Crippen LogP contribution in [0.1, 0.15) is 6.42 Å². The van der Waals surface area contributed by atoms with Gasteiger partial charge in [-0.1, -0.05) is 15.9 Å². The Labute approximate surface area is 129 Å². The van der Waals surface area contributed by atoms with E-state index in [1.165, 1.54) is 0 Å². The Morgan fingerprint density at radius 2 is 2.05 bits per heavy atom. The number of likely N-dealkylation sites (tertiary alicyclic amines) is 1. The number of benzene rings is 1. The number of nitrogens with one attached hydrogen (secondary N) is 1. The van der Waals surface area contributed by atoms with E-state index in [4.69, 9.17) is 0 Å². The highest BCUT2D eigenvalue weighted by Gasteiger charge is 2.23. The van der Waals surface area contributed by atoms with Gasteiger partial charge in [0.15, 0.2) is 9.84 Å².